The van der Waals surface area contributed by atoms with Crippen molar-refractivity contribution < 1.29 is 58.1 Å². The van der Waals surface area contributed by atoms with E-state index in [1.54, 1.807) is 0 Å². The van der Waals surface area contributed by atoms with Crippen LogP contribution in [0.25, 0.3) is 0 Å². The minimum absolute atomic E-state index is 0. The molecule has 0 atom stereocenters. The second-order valence-corrected chi connectivity index (χ2v) is 0.447. The molecular weight excluding hydrogens is 378 g/mol. The molecule has 0 saturated heterocycles. The van der Waals surface area contributed by atoms with E-state index in [1.807, 2.05) is 0 Å². The summed E-state index contributed by atoms with van der Waals surface area (Å²) in [5.41, 5.74) is 0. The van der Waals surface area contributed by atoms with E-state index in [0.29, 0.717) is 0 Å². The van der Waals surface area contributed by atoms with Gasteiger partial charge in [0.1, 0.15) is 0 Å². The summed E-state index contributed by atoms with van der Waals surface area (Å²) in [5, 5.41) is 29.5. The molecule has 0 aliphatic heterocycles. The van der Waals surface area contributed by atoms with Gasteiger partial charge in [0.25, 0.3) is 0 Å². The van der Waals surface area contributed by atoms with Crippen molar-refractivity contribution in [3.63, 3.8) is 0 Å². The highest BCUT2D eigenvalue weighted by Gasteiger charge is 1.46. The van der Waals surface area contributed by atoms with E-state index in [2.05, 4.69) is 0 Å². The number of rotatable bonds is 0. The maximum atomic E-state index is 8.25. The first kappa shape index (κ1) is 22.5. The summed E-state index contributed by atoms with van der Waals surface area (Å²) in [6, 6.07) is 0. The van der Waals surface area contributed by atoms with Crippen molar-refractivity contribution in [2.45, 2.75) is 0 Å². The van der Waals surface area contributed by atoms with Crippen LogP contribution in [0.1, 0.15) is 0 Å². The fourth-order valence-corrected chi connectivity index (χ4v) is 0. The van der Waals surface area contributed by atoms with Crippen molar-refractivity contribution in [2.24, 2.45) is 0 Å². The van der Waals surface area contributed by atoms with Crippen LogP contribution in [0.4, 0.5) is 0 Å². The zero-order valence-corrected chi connectivity index (χ0v) is 9.34. The van der Waals surface area contributed by atoms with Crippen LogP contribution < -0.4 is 48.0 Å². The molecule has 0 aromatic carbocycles. The molecule has 0 aromatic heterocycles. The number of halogens is 2. The average molecular weight is 382 g/mol. The lowest BCUT2D eigenvalue weighted by atomic mass is 13.1. The largest absolute Gasteiger partial charge is 0.356 e. The summed E-state index contributed by atoms with van der Waals surface area (Å²) in [5.74, 6) is 0. The third-order valence-electron chi connectivity index (χ3n) is 0. The Balaban J connectivity index is -0.0000000300. The van der Waals surface area contributed by atoms with Crippen LogP contribution >= 0.6 is 0 Å². The zero-order valence-electron chi connectivity index (χ0n) is 4.24. The number of nitrogens with zero attached hydrogens (tertiary/aromatic N) is 2. The van der Waals surface area contributed by atoms with E-state index < -0.39 is 10.2 Å². The van der Waals surface area contributed by atoms with E-state index in [1.165, 1.54) is 0 Å². The topological polar surface area (TPSA) is 132 Å². The summed E-state index contributed by atoms with van der Waals surface area (Å²) in [6.07, 6.45) is 0. The maximum Gasteiger partial charge on any atom is 0.235 e. The fourth-order valence-electron chi connectivity index (χ4n) is 0. The molecule has 8 nitrogen and oxygen atoms in total. The molecule has 0 N–H and O–H groups in total. The highest BCUT2D eigenvalue weighted by Crippen LogP contribution is 1.44. The Labute approximate surface area is 88.5 Å². The summed E-state index contributed by atoms with van der Waals surface area (Å²) in [6.45, 7) is 0. The molecule has 64 valence electrons. The van der Waals surface area contributed by atoms with Crippen molar-refractivity contribution >= 4 is 0 Å². The van der Waals surface area contributed by atoms with Crippen LogP contribution in [-0.2, 0) is 0 Å². The van der Waals surface area contributed by atoms with E-state index in [0.717, 1.165) is 0 Å². The quantitative estimate of drug-likeness (QED) is 0.232. The molecule has 0 heterocycles. The van der Waals surface area contributed by atoms with Gasteiger partial charge in [-0.3, -0.25) is 0 Å². The van der Waals surface area contributed by atoms with Gasteiger partial charge in [0.15, 0.2) is 0 Å². The van der Waals surface area contributed by atoms with Gasteiger partial charge in [-0.25, -0.2) is 0 Å². The second-order valence-electron chi connectivity index (χ2n) is 0.447. The van der Waals surface area contributed by atoms with E-state index in [4.69, 9.17) is 30.6 Å². The van der Waals surface area contributed by atoms with Crippen LogP contribution in [0, 0.1) is 30.6 Å². The highest BCUT2D eigenvalue weighted by molar-refractivity contribution is 4.04. The van der Waals surface area contributed by atoms with Crippen LogP contribution in [0.15, 0.2) is 0 Å². The van der Waals surface area contributed by atoms with E-state index >= 15 is 0 Å². The minimum atomic E-state index is -1.75. The number of hydrogen-bond donors (Lipinski definition) is 0. The summed E-state index contributed by atoms with van der Waals surface area (Å²) < 4.78 is 0. The Hall–Kier alpha value is -0.140. The smallest absolute Gasteiger partial charge is 0.235 e. The molecule has 0 fully saturated rings. The van der Waals surface area contributed by atoms with Crippen LogP contribution in [0.5, 0.6) is 0 Å². The molecule has 10 heteroatoms. The average Bonchev–Trinajstić information content (AvgIpc) is 1.25. The molecule has 0 spiro atoms. The first-order valence-electron chi connectivity index (χ1n) is 1.10. The molecule has 0 saturated carbocycles. The lowest BCUT2D eigenvalue weighted by Crippen LogP contribution is -3.00. The number of hydrogen-bond acceptors (Lipinski definition) is 6. The molecule has 0 bridgehead atoms. The van der Waals surface area contributed by atoms with Crippen molar-refractivity contribution in [3.8, 4) is 0 Å². The normalized spacial score (nSPS) is 4.80. The Morgan fingerprint density at radius 3 is 0.700 bits per heavy atom. The van der Waals surface area contributed by atoms with Gasteiger partial charge < -0.3 is 30.6 Å². The van der Waals surface area contributed by atoms with Gasteiger partial charge in [0.05, 0.1) is 10.2 Å². The van der Waals surface area contributed by atoms with Crippen molar-refractivity contribution in [1.82, 2.24) is 0 Å². The van der Waals surface area contributed by atoms with E-state index in [-0.39, 0.29) is 48.0 Å². The van der Waals surface area contributed by atoms with Crippen molar-refractivity contribution in [3.05, 3.63) is 30.6 Å². The zero-order chi connectivity index (χ0) is 7.15. The first-order chi connectivity index (χ1) is 3.46. The van der Waals surface area contributed by atoms with Crippen LogP contribution in [0.2, 0.25) is 0 Å². The molecular formula is H4I2N2O6. The molecule has 0 radical (unpaired) electrons. The summed E-state index contributed by atoms with van der Waals surface area (Å²) in [7, 11) is 0. The van der Waals surface area contributed by atoms with Gasteiger partial charge in [-0.2, -0.15) is 0 Å². The van der Waals surface area contributed by atoms with Crippen LogP contribution in [-0.4, -0.2) is 10.2 Å². The molecule has 0 aliphatic carbocycles. The Morgan fingerprint density at radius 2 is 0.700 bits per heavy atom. The first-order valence-corrected chi connectivity index (χ1v) is 1.10. The van der Waals surface area contributed by atoms with E-state index in [9.17, 15) is 0 Å². The molecule has 0 amide bonds. The predicted molar refractivity (Wildman–Crippen MR) is 26.3 cm³/mol. The second kappa shape index (κ2) is 15.9. The Morgan fingerprint density at radius 1 is 0.700 bits per heavy atom. The third-order valence-corrected chi connectivity index (χ3v) is 0. The molecule has 0 rings (SSSR count). The van der Waals surface area contributed by atoms with Gasteiger partial charge >= 0.3 is 0 Å². The minimum Gasteiger partial charge on any atom is -0.356 e. The molecule has 0 aromatic rings. The molecule has 10 heavy (non-hydrogen) atoms. The van der Waals surface area contributed by atoms with Gasteiger partial charge in [-0.15, -0.1) is 0 Å². The molecule has 0 unspecified atom stereocenters. The lowest BCUT2D eigenvalue weighted by Gasteiger charge is -1.74. The summed E-state index contributed by atoms with van der Waals surface area (Å²) >= 11 is 0. The fraction of sp³-hybridized carbons (Fsp3) is 0. The van der Waals surface area contributed by atoms with Gasteiger partial charge in [0.2, 0.25) is 48.0 Å². The third kappa shape index (κ3) is 18900. The Kier molecular flexibility index (Phi) is 35.9. The molecule has 0 aliphatic rings. The van der Waals surface area contributed by atoms with Crippen molar-refractivity contribution in [1.29, 1.82) is 0 Å². The predicted octanol–water partition coefficient (Wildman–Crippen LogP) is -7.54. The SMILES string of the molecule is O=[N+]([O-])[O-].O=[N+]([O-])[O-].[IH2+].[IH2+]. The monoisotopic (exact) mass is 382 g/mol. The van der Waals surface area contributed by atoms with Crippen LogP contribution in [0.3, 0.4) is 0 Å². The lowest BCUT2D eigenvalue weighted by molar-refractivity contribution is -0.403. The van der Waals surface area contributed by atoms with Crippen molar-refractivity contribution in [2.75, 3.05) is 0 Å². The van der Waals surface area contributed by atoms with Gasteiger partial charge in [-0.05, 0) is 0 Å². The van der Waals surface area contributed by atoms with Gasteiger partial charge in [-0.1, -0.05) is 0 Å². The summed E-state index contributed by atoms with van der Waals surface area (Å²) in [4.78, 5) is 16.5. The Bertz CT molecular complexity index is 71.7. The maximum absolute atomic E-state index is 8.25. The highest BCUT2D eigenvalue weighted by atomic mass is 127. The standard InChI is InChI=1S/2H2I.2NO3/c;;2*2-1(3)4/h2*1H2;;/q2*+1;2*-1. The van der Waals surface area contributed by atoms with Gasteiger partial charge in [0, 0.05) is 0 Å².